The minimum atomic E-state index is 0.674. The van der Waals surface area contributed by atoms with E-state index >= 15 is 0 Å². The molecule has 1 fully saturated rings. The van der Waals surface area contributed by atoms with E-state index in [1.54, 1.807) is 11.1 Å². The number of aryl methyl sites for hydroxylation is 1. The minimum Gasteiger partial charge on any atom is -0.317 e. The molecule has 0 radical (unpaired) electrons. The van der Waals surface area contributed by atoms with Gasteiger partial charge in [0.15, 0.2) is 0 Å². The molecular formula is C19H30N2. The van der Waals surface area contributed by atoms with Crippen molar-refractivity contribution in [3.63, 3.8) is 0 Å². The molecule has 1 unspecified atom stereocenters. The molecule has 2 aliphatic rings. The molecule has 0 aliphatic heterocycles. The zero-order chi connectivity index (χ0) is 14.7. The van der Waals surface area contributed by atoms with Crippen LogP contribution in [-0.4, -0.2) is 31.1 Å². The van der Waals surface area contributed by atoms with Crippen molar-refractivity contribution in [2.24, 2.45) is 0 Å². The Bertz CT molecular complexity index is 463. The topological polar surface area (TPSA) is 15.3 Å². The maximum atomic E-state index is 3.43. The van der Waals surface area contributed by atoms with Gasteiger partial charge >= 0.3 is 0 Å². The van der Waals surface area contributed by atoms with Crippen molar-refractivity contribution in [1.82, 2.24) is 10.2 Å². The fraction of sp³-hybridized carbons (Fsp3) is 0.684. The second kappa shape index (κ2) is 6.93. The van der Waals surface area contributed by atoms with E-state index in [1.807, 2.05) is 0 Å². The molecule has 116 valence electrons. The molecule has 1 aromatic rings. The lowest BCUT2D eigenvalue weighted by Crippen LogP contribution is -2.33. The van der Waals surface area contributed by atoms with E-state index in [0.717, 1.165) is 12.6 Å². The summed E-state index contributed by atoms with van der Waals surface area (Å²) in [6.07, 6.45) is 10.8. The fourth-order valence-corrected chi connectivity index (χ4v) is 4.09. The first kappa shape index (κ1) is 15.1. The van der Waals surface area contributed by atoms with Crippen LogP contribution in [0.2, 0.25) is 0 Å². The van der Waals surface area contributed by atoms with Crippen LogP contribution in [-0.2, 0) is 19.4 Å². The molecule has 0 heterocycles. The Morgan fingerprint density at radius 3 is 2.67 bits per heavy atom. The molecule has 2 nitrogen and oxygen atoms in total. The van der Waals surface area contributed by atoms with Gasteiger partial charge < -0.3 is 5.32 Å². The summed E-state index contributed by atoms with van der Waals surface area (Å²) < 4.78 is 0. The van der Waals surface area contributed by atoms with E-state index in [1.165, 1.54) is 56.9 Å². The molecule has 1 saturated carbocycles. The lowest BCUT2D eigenvalue weighted by atomic mass is 9.87. The van der Waals surface area contributed by atoms with Crippen LogP contribution in [0.1, 0.15) is 55.2 Å². The van der Waals surface area contributed by atoms with Crippen LogP contribution in [0.3, 0.4) is 0 Å². The molecule has 1 aromatic carbocycles. The lowest BCUT2D eigenvalue weighted by Gasteiger charge is -2.31. The molecular weight excluding hydrogens is 256 g/mol. The van der Waals surface area contributed by atoms with Gasteiger partial charge in [-0.25, -0.2) is 0 Å². The number of hydrogen-bond donors (Lipinski definition) is 1. The molecule has 21 heavy (non-hydrogen) atoms. The number of nitrogens with zero attached hydrogens (tertiary/aromatic N) is 1. The Balaban J connectivity index is 1.64. The Morgan fingerprint density at radius 2 is 1.90 bits per heavy atom. The highest BCUT2D eigenvalue weighted by atomic mass is 15.1. The average molecular weight is 286 g/mol. The molecule has 0 aromatic heterocycles. The van der Waals surface area contributed by atoms with Crippen LogP contribution in [0.25, 0.3) is 0 Å². The van der Waals surface area contributed by atoms with Gasteiger partial charge in [-0.3, -0.25) is 4.90 Å². The SMILES string of the molecule is CNC1CCc2cc(CN(C)C3CCCCC3)ccc2C1. The summed E-state index contributed by atoms with van der Waals surface area (Å²) in [4.78, 5) is 2.58. The van der Waals surface area contributed by atoms with E-state index < -0.39 is 0 Å². The van der Waals surface area contributed by atoms with Crippen LogP contribution < -0.4 is 5.32 Å². The summed E-state index contributed by atoms with van der Waals surface area (Å²) >= 11 is 0. The van der Waals surface area contributed by atoms with Gasteiger partial charge in [0.2, 0.25) is 0 Å². The van der Waals surface area contributed by atoms with Gasteiger partial charge in [-0.15, -0.1) is 0 Å². The molecule has 3 rings (SSSR count). The number of fused-ring (bicyclic) bond motifs is 1. The van der Waals surface area contributed by atoms with Crippen molar-refractivity contribution < 1.29 is 0 Å². The molecule has 0 spiro atoms. The fourth-order valence-electron chi connectivity index (χ4n) is 4.09. The number of rotatable bonds is 4. The van der Waals surface area contributed by atoms with Crippen LogP contribution in [0.5, 0.6) is 0 Å². The molecule has 0 saturated heterocycles. The van der Waals surface area contributed by atoms with Crippen molar-refractivity contribution in [1.29, 1.82) is 0 Å². The first-order chi connectivity index (χ1) is 10.3. The van der Waals surface area contributed by atoms with Crippen LogP contribution in [0.4, 0.5) is 0 Å². The van der Waals surface area contributed by atoms with E-state index in [4.69, 9.17) is 0 Å². The van der Waals surface area contributed by atoms with Gasteiger partial charge in [-0.1, -0.05) is 37.5 Å². The Kier molecular flexibility index (Phi) is 4.97. The third kappa shape index (κ3) is 3.67. The average Bonchev–Trinajstić information content (AvgIpc) is 2.55. The van der Waals surface area contributed by atoms with Crippen molar-refractivity contribution in [3.8, 4) is 0 Å². The summed E-state index contributed by atoms with van der Waals surface area (Å²) in [6.45, 7) is 1.12. The minimum absolute atomic E-state index is 0.674. The normalized spacial score (nSPS) is 23.3. The monoisotopic (exact) mass is 286 g/mol. The quantitative estimate of drug-likeness (QED) is 0.911. The zero-order valence-corrected chi connectivity index (χ0v) is 13.7. The maximum Gasteiger partial charge on any atom is 0.0233 e. The summed E-state index contributed by atoms with van der Waals surface area (Å²) in [5.41, 5.74) is 4.66. The van der Waals surface area contributed by atoms with E-state index in [9.17, 15) is 0 Å². The van der Waals surface area contributed by atoms with Crippen LogP contribution >= 0.6 is 0 Å². The summed E-state index contributed by atoms with van der Waals surface area (Å²) in [6, 6.07) is 8.69. The maximum absolute atomic E-state index is 3.43. The highest BCUT2D eigenvalue weighted by molar-refractivity contribution is 5.34. The van der Waals surface area contributed by atoms with Gasteiger partial charge in [-0.05, 0) is 62.9 Å². The van der Waals surface area contributed by atoms with Gasteiger partial charge in [0.1, 0.15) is 0 Å². The Labute approximate surface area is 129 Å². The van der Waals surface area contributed by atoms with Gasteiger partial charge in [0.25, 0.3) is 0 Å². The number of hydrogen-bond acceptors (Lipinski definition) is 2. The first-order valence-corrected chi connectivity index (χ1v) is 8.74. The molecule has 1 N–H and O–H groups in total. The van der Waals surface area contributed by atoms with Gasteiger partial charge in [0.05, 0.1) is 0 Å². The molecule has 2 heteroatoms. The first-order valence-electron chi connectivity index (χ1n) is 8.74. The second-order valence-electron chi connectivity index (χ2n) is 7.04. The Morgan fingerprint density at radius 1 is 1.10 bits per heavy atom. The van der Waals surface area contributed by atoms with Crippen molar-refractivity contribution in [2.45, 2.75) is 70.0 Å². The molecule has 0 bridgehead atoms. The predicted octanol–water partition coefficient (Wildman–Crippen LogP) is 3.53. The van der Waals surface area contributed by atoms with E-state index in [0.29, 0.717) is 6.04 Å². The molecule has 0 amide bonds. The van der Waals surface area contributed by atoms with E-state index in [2.05, 4.69) is 42.5 Å². The number of nitrogens with one attached hydrogen (secondary N) is 1. The van der Waals surface area contributed by atoms with Gasteiger partial charge in [-0.2, -0.15) is 0 Å². The molecule has 1 atom stereocenters. The Hall–Kier alpha value is -0.860. The number of benzene rings is 1. The smallest absolute Gasteiger partial charge is 0.0233 e. The van der Waals surface area contributed by atoms with Crippen LogP contribution in [0, 0.1) is 0 Å². The highest BCUT2D eigenvalue weighted by Crippen LogP contribution is 2.25. The summed E-state index contributed by atoms with van der Waals surface area (Å²) in [5, 5.41) is 3.43. The van der Waals surface area contributed by atoms with Crippen molar-refractivity contribution in [2.75, 3.05) is 14.1 Å². The third-order valence-electron chi connectivity index (χ3n) is 5.54. The van der Waals surface area contributed by atoms with E-state index in [-0.39, 0.29) is 0 Å². The summed E-state index contributed by atoms with van der Waals surface area (Å²) in [5.74, 6) is 0. The molecule has 2 aliphatic carbocycles. The predicted molar refractivity (Wildman–Crippen MR) is 89.7 cm³/mol. The standard InChI is InChI=1S/C19H30N2/c1-20-18-11-10-16-12-15(8-9-17(16)13-18)14-21(2)19-6-4-3-5-7-19/h8-9,12,18-20H,3-7,10-11,13-14H2,1-2H3. The lowest BCUT2D eigenvalue weighted by molar-refractivity contribution is 0.184. The summed E-state index contributed by atoms with van der Waals surface area (Å²) in [7, 11) is 4.40. The van der Waals surface area contributed by atoms with Crippen molar-refractivity contribution in [3.05, 3.63) is 34.9 Å². The largest absolute Gasteiger partial charge is 0.317 e. The van der Waals surface area contributed by atoms with Gasteiger partial charge in [0, 0.05) is 18.6 Å². The zero-order valence-electron chi connectivity index (χ0n) is 13.7. The number of likely N-dealkylation sites (N-methyl/N-ethyl adjacent to an activating group) is 1. The van der Waals surface area contributed by atoms with Crippen molar-refractivity contribution >= 4 is 0 Å². The second-order valence-corrected chi connectivity index (χ2v) is 7.04. The third-order valence-corrected chi connectivity index (χ3v) is 5.54. The highest BCUT2D eigenvalue weighted by Gasteiger charge is 2.20. The van der Waals surface area contributed by atoms with Crippen LogP contribution in [0.15, 0.2) is 18.2 Å².